The molecule has 0 saturated carbocycles. The van der Waals surface area contributed by atoms with Gasteiger partial charge in [-0.1, -0.05) is 13.8 Å². The van der Waals surface area contributed by atoms with Crippen LogP contribution < -0.4 is 11.1 Å². The van der Waals surface area contributed by atoms with E-state index in [4.69, 9.17) is 5.73 Å². The molecule has 1 heterocycles. The lowest BCUT2D eigenvalue weighted by Crippen LogP contribution is -2.11. The quantitative estimate of drug-likeness (QED) is 0.853. The normalized spacial score (nSPS) is 10.5. The summed E-state index contributed by atoms with van der Waals surface area (Å²) in [6.45, 7) is 5.08. The zero-order valence-corrected chi connectivity index (χ0v) is 9.30. The summed E-state index contributed by atoms with van der Waals surface area (Å²) in [7, 11) is 0. The molecule has 72 valence electrons. The Kier molecular flexibility index (Phi) is 3.48. The summed E-state index contributed by atoms with van der Waals surface area (Å²) in [4.78, 5) is 8.13. The van der Waals surface area contributed by atoms with Gasteiger partial charge in [-0.05, 0) is 21.8 Å². The van der Waals surface area contributed by atoms with E-state index in [-0.39, 0.29) is 0 Å². The van der Waals surface area contributed by atoms with Gasteiger partial charge in [0.25, 0.3) is 0 Å². The molecule has 0 spiro atoms. The van der Waals surface area contributed by atoms with Crippen LogP contribution in [0.2, 0.25) is 0 Å². The number of nitrogen functional groups attached to an aromatic ring is 1. The number of aromatic nitrogens is 2. The lowest BCUT2D eigenvalue weighted by Gasteiger charge is -2.09. The van der Waals surface area contributed by atoms with Crippen molar-refractivity contribution in [3.8, 4) is 0 Å². The molecule has 1 aromatic rings. The fourth-order valence-electron chi connectivity index (χ4n) is 0.808. The van der Waals surface area contributed by atoms with Gasteiger partial charge in [0.2, 0.25) is 0 Å². The summed E-state index contributed by atoms with van der Waals surface area (Å²) < 4.78 is 0.688. The van der Waals surface area contributed by atoms with Gasteiger partial charge >= 0.3 is 0 Å². The third-order valence-corrected chi connectivity index (χ3v) is 1.83. The monoisotopic (exact) mass is 244 g/mol. The van der Waals surface area contributed by atoms with E-state index in [1.165, 1.54) is 0 Å². The van der Waals surface area contributed by atoms with E-state index in [0.717, 1.165) is 6.54 Å². The van der Waals surface area contributed by atoms with Crippen LogP contribution in [0.1, 0.15) is 13.8 Å². The molecular weight excluding hydrogens is 232 g/mol. The van der Waals surface area contributed by atoms with Crippen LogP contribution in [0.3, 0.4) is 0 Å². The van der Waals surface area contributed by atoms with Gasteiger partial charge in [-0.15, -0.1) is 0 Å². The number of halogens is 1. The van der Waals surface area contributed by atoms with Crippen molar-refractivity contribution in [2.45, 2.75) is 13.8 Å². The van der Waals surface area contributed by atoms with E-state index in [9.17, 15) is 0 Å². The van der Waals surface area contributed by atoms with E-state index >= 15 is 0 Å². The van der Waals surface area contributed by atoms with Crippen LogP contribution in [0.15, 0.2) is 10.8 Å². The molecular formula is C8H13BrN4. The first-order valence-corrected chi connectivity index (χ1v) is 4.90. The highest BCUT2D eigenvalue weighted by molar-refractivity contribution is 9.10. The number of nitrogens with one attached hydrogen (secondary N) is 1. The van der Waals surface area contributed by atoms with Gasteiger partial charge in [0.15, 0.2) is 11.6 Å². The van der Waals surface area contributed by atoms with Gasteiger partial charge in [-0.2, -0.15) is 0 Å². The third kappa shape index (κ3) is 3.18. The predicted molar refractivity (Wildman–Crippen MR) is 57.5 cm³/mol. The molecule has 0 aromatic carbocycles. The second-order valence-corrected chi connectivity index (χ2v) is 4.01. The van der Waals surface area contributed by atoms with E-state index in [1.54, 1.807) is 6.20 Å². The van der Waals surface area contributed by atoms with Gasteiger partial charge in [-0.3, -0.25) is 0 Å². The first kappa shape index (κ1) is 10.2. The Morgan fingerprint density at radius 3 is 2.92 bits per heavy atom. The number of anilines is 2. The zero-order valence-electron chi connectivity index (χ0n) is 7.71. The van der Waals surface area contributed by atoms with Crippen molar-refractivity contribution in [1.29, 1.82) is 0 Å². The number of hydrogen-bond acceptors (Lipinski definition) is 4. The van der Waals surface area contributed by atoms with Gasteiger partial charge in [0.05, 0.1) is 6.20 Å². The maximum atomic E-state index is 5.62. The Bertz CT molecular complexity index is 287. The minimum absolute atomic E-state index is 0.434. The molecule has 0 radical (unpaired) electrons. The van der Waals surface area contributed by atoms with Crippen LogP contribution in [0.5, 0.6) is 0 Å². The van der Waals surface area contributed by atoms with Crippen molar-refractivity contribution < 1.29 is 0 Å². The highest BCUT2D eigenvalue weighted by Crippen LogP contribution is 2.15. The van der Waals surface area contributed by atoms with Crippen LogP contribution in [-0.4, -0.2) is 16.5 Å². The fourth-order valence-corrected chi connectivity index (χ4v) is 1.09. The first-order chi connectivity index (χ1) is 6.09. The molecule has 0 saturated heterocycles. The molecule has 0 aliphatic heterocycles. The van der Waals surface area contributed by atoms with Gasteiger partial charge in [0.1, 0.15) is 4.60 Å². The highest BCUT2D eigenvalue weighted by atomic mass is 79.9. The van der Waals surface area contributed by atoms with Crippen molar-refractivity contribution in [2.24, 2.45) is 5.92 Å². The summed E-state index contributed by atoms with van der Waals surface area (Å²) in [5, 5.41) is 3.12. The molecule has 1 rings (SSSR count). The molecule has 0 aliphatic carbocycles. The van der Waals surface area contributed by atoms with Gasteiger partial charge < -0.3 is 11.1 Å². The molecule has 13 heavy (non-hydrogen) atoms. The van der Waals surface area contributed by atoms with E-state index in [2.05, 4.69) is 45.1 Å². The molecule has 4 nitrogen and oxygen atoms in total. The van der Waals surface area contributed by atoms with Gasteiger partial charge in [0, 0.05) is 6.54 Å². The maximum absolute atomic E-state index is 5.62. The fraction of sp³-hybridized carbons (Fsp3) is 0.500. The van der Waals surface area contributed by atoms with Crippen molar-refractivity contribution in [1.82, 2.24) is 9.97 Å². The van der Waals surface area contributed by atoms with Gasteiger partial charge in [-0.25, -0.2) is 9.97 Å². The Morgan fingerprint density at radius 2 is 2.31 bits per heavy atom. The lowest BCUT2D eigenvalue weighted by molar-refractivity contribution is 0.687. The highest BCUT2D eigenvalue weighted by Gasteiger charge is 2.02. The minimum Gasteiger partial charge on any atom is -0.381 e. The summed E-state index contributed by atoms with van der Waals surface area (Å²) in [5.41, 5.74) is 5.62. The van der Waals surface area contributed by atoms with Crippen LogP contribution in [0, 0.1) is 5.92 Å². The largest absolute Gasteiger partial charge is 0.381 e. The Balaban J connectivity index is 2.70. The summed E-state index contributed by atoms with van der Waals surface area (Å²) in [6, 6.07) is 0. The topological polar surface area (TPSA) is 63.8 Å². The van der Waals surface area contributed by atoms with E-state index < -0.39 is 0 Å². The lowest BCUT2D eigenvalue weighted by atomic mass is 10.2. The van der Waals surface area contributed by atoms with Crippen LogP contribution in [0.25, 0.3) is 0 Å². The minimum atomic E-state index is 0.434. The molecule has 0 amide bonds. The molecule has 3 N–H and O–H groups in total. The Labute approximate surface area is 86.1 Å². The zero-order chi connectivity index (χ0) is 9.84. The van der Waals surface area contributed by atoms with Crippen molar-refractivity contribution >= 4 is 27.6 Å². The molecule has 0 bridgehead atoms. The van der Waals surface area contributed by atoms with Crippen molar-refractivity contribution in [2.75, 3.05) is 17.6 Å². The average Bonchev–Trinajstić information content (AvgIpc) is 2.06. The molecule has 0 fully saturated rings. The predicted octanol–water partition coefficient (Wildman–Crippen LogP) is 1.89. The smallest absolute Gasteiger partial charge is 0.170 e. The van der Waals surface area contributed by atoms with Crippen LogP contribution in [0.4, 0.5) is 11.6 Å². The summed E-state index contributed by atoms with van der Waals surface area (Å²) in [5.74, 6) is 1.63. The first-order valence-electron chi connectivity index (χ1n) is 4.11. The molecule has 1 aromatic heterocycles. The number of nitrogens with two attached hydrogens (primary N) is 1. The summed E-state index contributed by atoms with van der Waals surface area (Å²) >= 11 is 3.23. The summed E-state index contributed by atoms with van der Waals surface area (Å²) in [6.07, 6.45) is 1.58. The van der Waals surface area contributed by atoms with Crippen molar-refractivity contribution in [3.63, 3.8) is 0 Å². The molecule has 0 unspecified atom stereocenters. The molecule has 0 aliphatic rings. The standard InChI is InChI=1S/C8H13BrN4/c1-5(2)3-12-8-7(10)11-4-6(9)13-8/h4-5H,3H2,1-2H3,(H2,10,11)(H,12,13). The molecule has 5 heteroatoms. The number of rotatable bonds is 3. The van der Waals surface area contributed by atoms with Crippen LogP contribution in [-0.2, 0) is 0 Å². The Morgan fingerprint density at radius 1 is 1.62 bits per heavy atom. The average molecular weight is 245 g/mol. The SMILES string of the molecule is CC(C)CNc1nc(Br)cnc1N. The molecule has 0 atom stereocenters. The maximum Gasteiger partial charge on any atom is 0.170 e. The second-order valence-electron chi connectivity index (χ2n) is 3.20. The second kappa shape index (κ2) is 4.41. The van der Waals surface area contributed by atoms with Crippen molar-refractivity contribution in [3.05, 3.63) is 10.8 Å². The van der Waals surface area contributed by atoms with Crippen LogP contribution >= 0.6 is 15.9 Å². The Hall–Kier alpha value is -0.840. The van der Waals surface area contributed by atoms with E-state index in [0.29, 0.717) is 22.2 Å². The van der Waals surface area contributed by atoms with E-state index in [1.807, 2.05) is 0 Å². The number of nitrogens with zero attached hydrogens (tertiary/aromatic N) is 2. The number of hydrogen-bond donors (Lipinski definition) is 2. The third-order valence-electron chi connectivity index (χ3n) is 1.45.